The number of hydrogen-bond donors (Lipinski definition) is 0. The fourth-order valence-electron chi connectivity index (χ4n) is 2.65. The van der Waals surface area contributed by atoms with Crippen LogP contribution in [0.4, 0.5) is 13.2 Å². The molecule has 138 valence electrons. The molecule has 1 aliphatic heterocycles. The van der Waals surface area contributed by atoms with Crippen LogP contribution in [-0.2, 0) is 16.1 Å². The molecule has 0 aromatic heterocycles. The molecule has 1 aromatic carbocycles. The summed E-state index contributed by atoms with van der Waals surface area (Å²) in [6.45, 7) is 4.36. The van der Waals surface area contributed by atoms with Crippen LogP contribution >= 0.6 is 0 Å². The smallest absolute Gasteiger partial charge is 0.406 e. The summed E-state index contributed by atoms with van der Waals surface area (Å²) in [5.74, 6) is -0.894. The maximum absolute atomic E-state index is 12.3. The number of ether oxygens (including phenoxy) is 1. The number of alkyl halides is 3. The summed E-state index contributed by atoms with van der Waals surface area (Å²) in [5, 5.41) is 0. The van der Waals surface area contributed by atoms with Crippen molar-refractivity contribution in [1.29, 1.82) is 0 Å². The van der Waals surface area contributed by atoms with Gasteiger partial charge in [-0.1, -0.05) is 12.1 Å². The zero-order valence-corrected chi connectivity index (χ0v) is 14.3. The highest BCUT2D eigenvalue weighted by atomic mass is 19.4. The summed E-state index contributed by atoms with van der Waals surface area (Å²) >= 11 is 0. The molecule has 0 bridgehead atoms. The molecule has 0 N–H and O–H groups in total. The van der Waals surface area contributed by atoms with E-state index in [4.69, 9.17) is 0 Å². The molecule has 1 aromatic rings. The van der Waals surface area contributed by atoms with E-state index >= 15 is 0 Å². The minimum absolute atomic E-state index is 0.0535. The van der Waals surface area contributed by atoms with Gasteiger partial charge in [-0.05, 0) is 31.5 Å². The van der Waals surface area contributed by atoms with Gasteiger partial charge in [0.2, 0.25) is 11.8 Å². The van der Waals surface area contributed by atoms with Gasteiger partial charge >= 0.3 is 6.36 Å². The Morgan fingerprint density at radius 2 is 1.92 bits per heavy atom. The van der Waals surface area contributed by atoms with Crippen molar-refractivity contribution in [3.63, 3.8) is 0 Å². The van der Waals surface area contributed by atoms with Crippen molar-refractivity contribution >= 4 is 11.8 Å². The zero-order chi connectivity index (χ0) is 18.8. The molecule has 0 aliphatic carbocycles. The van der Waals surface area contributed by atoms with Crippen LogP contribution < -0.4 is 4.74 Å². The summed E-state index contributed by atoms with van der Waals surface area (Å²) in [4.78, 5) is 27.6. The summed E-state index contributed by atoms with van der Waals surface area (Å²) in [6, 6.07) is 5.42. The van der Waals surface area contributed by atoms with E-state index in [0.29, 0.717) is 12.1 Å². The van der Waals surface area contributed by atoms with Gasteiger partial charge in [-0.2, -0.15) is 0 Å². The molecule has 1 saturated heterocycles. The number of benzene rings is 1. The van der Waals surface area contributed by atoms with Crippen LogP contribution in [0.25, 0.3) is 0 Å². The zero-order valence-electron chi connectivity index (χ0n) is 14.3. The van der Waals surface area contributed by atoms with E-state index in [9.17, 15) is 22.8 Å². The molecular weight excluding hydrogens is 337 g/mol. The van der Waals surface area contributed by atoms with Crippen LogP contribution in [0.2, 0.25) is 0 Å². The monoisotopic (exact) mass is 358 g/mol. The molecule has 1 fully saturated rings. The molecule has 0 spiro atoms. The molecule has 8 heteroatoms. The summed E-state index contributed by atoms with van der Waals surface area (Å²) in [5.41, 5.74) is 0.674. The Kier molecular flexibility index (Phi) is 5.59. The quantitative estimate of drug-likeness (QED) is 0.813. The van der Waals surface area contributed by atoms with Crippen molar-refractivity contribution in [2.24, 2.45) is 5.92 Å². The lowest BCUT2D eigenvalue weighted by atomic mass is 10.1. The van der Waals surface area contributed by atoms with Crippen molar-refractivity contribution < 1.29 is 27.5 Å². The maximum atomic E-state index is 12.3. The second-order valence-corrected chi connectivity index (χ2v) is 6.41. The van der Waals surface area contributed by atoms with Gasteiger partial charge in [0.05, 0.1) is 5.92 Å². The van der Waals surface area contributed by atoms with E-state index < -0.39 is 6.36 Å². The molecule has 0 unspecified atom stereocenters. The van der Waals surface area contributed by atoms with Gasteiger partial charge in [-0.25, -0.2) is 0 Å². The third kappa shape index (κ3) is 5.11. The summed E-state index contributed by atoms with van der Waals surface area (Å²) in [7, 11) is 1.71. The van der Waals surface area contributed by atoms with Gasteiger partial charge < -0.3 is 14.5 Å². The molecule has 1 aliphatic rings. The Bertz CT molecular complexity index is 629. The SMILES string of the molecule is CC(C)N(C)C(=O)[C@H]1CC(=O)N(Cc2ccc(OC(F)(F)F)cc2)C1. The van der Waals surface area contributed by atoms with Crippen LogP contribution in [-0.4, -0.2) is 47.6 Å². The van der Waals surface area contributed by atoms with Crippen molar-refractivity contribution in [1.82, 2.24) is 9.80 Å². The molecule has 1 heterocycles. The van der Waals surface area contributed by atoms with Gasteiger partial charge in [0, 0.05) is 32.6 Å². The molecule has 25 heavy (non-hydrogen) atoms. The molecule has 2 amide bonds. The number of carbonyl (C=O) groups is 2. The van der Waals surface area contributed by atoms with E-state index in [0.717, 1.165) is 0 Å². The number of nitrogens with zero attached hydrogens (tertiary/aromatic N) is 2. The lowest BCUT2D eigenvalue weighted by molar-refractivity contribution is -0.274. The first kappa shape index (κ1) is 19.1. The summed E-state index contributed by atoms with van der Waals surface area (Å²) in [6.07, 6.45) is -4.58. The van der Waals surface area contributed by atoms with E-state index in [-0.39, 0.29) is 42.5 Å². The minimum atomic E-state index is -4.73. The summed E-state index contributed by atoms with van der Waals surface area (Å²) < 4.78 is 40.3. The average molecular weight is 358 g/mol. The normalized spacial score (nSPS) is 18.0. The number of hydrogen-bond acceptors (Lipinski definition) is 3. The van der Waals surface area contributed by atoms with E-state index in [1.54, 1.807) is 16.8 Å². The lowest BCUT2D eigenvalue weighted by Crippen LogP contribution is -2.38. The lowest BCUT2D eigenvalue weighted by Gasteiger charge is -2.24. The van der Waals surface area contributed by atoms with E-state index in [1.165, 1.54) is 24.3 Å². The van der Waals surface area contributed by atoms with Crippen LogP contribution in [0, 0.1) is 5.92 Å². The predicted molar refractivity (Wildman–Crippen MR) is 84.6 cm³/mol. The standard InChI is InChI=1S/C17H21F3N2O3/c1-11(2)21(3)16(24)13-8-15(23)22(10-13)9-12-4-6-14(7-5-12)25-17(18,19)20/h4-7,11,13H,8-10H2,1-3H3/t13-/m0/s1. The molecule has 5 nitrogen and oxygen atoms in total. The maximum Gasteiger partial charge on any atom is 0.573 e. The van der Waals surface area contributed by atoms with Gasteiger partial charge in [-0.3, -0.25) is 9.59 Å². The van der Waals surface area contributed by atoms with Crippen LogP contribution in [0.5, 0.6) is 5.75 Å². The van der Waals surface area contributed by atoms with Gasteiger partial charge in [0.1, 0.15) is 5.75 Å². The van der Waals surface area contributed by atoms with Gasteiger partial charge in [-0.15, -0.1) is 13.2 Å². The minimum Gasteiger partial charge on any atom is -0.406 e. The molecule has 0 saturated carbocycles. The highest BCUT2D eigenvalue weighted by molar-refractivity contribution is 5.89. The van der Waals surface area contributed by atoms with Crippen LogP contribution in [0.15, 0.2) is 24.3 Å². The first-order valence-electron chi connectivity index (χ1n) is 7.96. The molecule has 1 atom stereocenters. The van der Waals surface area contributed by atoms with Crippen LogP contribution in [0.1, 0.15) is 25.8 Å². The van der Waals surface area contributed by atoms with Crippen LogP contribution in [0.3, 0.4) is 0 Å². The Labute approximate surface area is 144 Å². The highest BCUT2D eigenvalue weighted by Gasteiger charge is 2.36. The average Bonchev–Trinajstić information content (AvgIpc) is 2.87. The van der Waals surface area contributed by atoms with Crippen molar-refractivity contribution in [2.45, 2.75) is 39.2 Å². The highest BCUT2D eigenvalue weighted by Crippen LogP contribution is 2.25. The molecule has 0 radical (unpaired) electrons. The number of halogens is 3. The topological polar surface area (TPSA) is 49.9 Å². The largest absolute Gasteiger partial charge is 0.573 e. The number of carbonyl (C=O) groups excluding carboxylic acids is 2. The fourth-order valence-corrected chi connectivity index (χ4v) is 2.65. The number of likely N-dealkylation sites (tertiary alicyclic amines) is 1. The Morgan fingerprint density at radius 3 is 2.44 bits per heavy atom. The Hall–Kier alpha value is -2.25. The van der Waals surface area contributed by atoms with E-state index in [1.807, 2.05) is 13.8 Å². The number of amides is 2. The third-order valence-corrected chi connectivity index (χ3v) is 4.22. The van der Waals surface area contributed by atoms with Gasteiger partial charge in [0.15, 0.2) is 0 Å². The Morgan fingerprint density at radius 1 is 1.32 bits per heavy atom. The van der Waals surface area contributed by atoms with Gasteiger partial charge in [0.25, 0.3) is 0 Å². The number of rotatable bonds is 5. The predicted octanol–water partition coefficient (Wildman–Crippen LogP) is 2.80. The van der Waals surface area contributed by atoms with Crippen molar-refractivity contribution in [3.8, 4) is 5.75 Å². The molecule has 2 rings (SSSR count). The second kappa shape index (κ2) is 7.33. The first-order valence-corrected chi connectivity index (χ1v) is 7.96. The third-order valence-electron chi connectivity index (χ3n) is 4.22. The Balaban J connectivity index is 1.97. The molecular formula is C17H21F3N2O3. The first-order chi connectivity index (χ1) is 11.6. The van der Waals surface area contributed by atoms with Crippen molar-refractivity contribution in [2.75, 3.05) is 13.6 Å². The second-order valence-electron chi connectivity index (χ2n) is 6.41. The fraction of sp³-hybridized carbons (Fsp3) is 0.529. The van der Waals surface area contributed by atoms with Crippen molar-refractivity contribution in [3.05, 3.63) is 29.8 Å². The van der Waals surface area contributed by atoms with E-state index in [2.05, 4.69) is 4.74 Å².